The number of hydrogen-bond acceptors (Lipinski definition) is 2. The Labute approximate surface area is 178 Å². The smallest absolute Gasteiger partial charge is 1.00 e. The van der Waals surface area contributed by atoms with Crippen molar-refractivity contribution in [3.63, 3.8) is 0 Å². The van der Waals surface area contributed by atoms with E-state index >= 15 is 0 Å². The molecular formula is C20H17Cl2O2Zr. The minimum Gasteiger partial charge on any atom is -1.00 e. The quantitative estimate of drug-likeness (QED) is 0.485. The number of benzene rings is 2. The molecule has 5 heteroatoms. The fourth-order valence-electron chi connectivity index (χ4n) is 3.26. The van der Waals surface area contributed by atoms with Crippen LogP contribution in [0, 0.1) is 0 Å². The molecule has 1 aliphatic carbocycles. The molecule has 0 saturated carbocycles. The van der Waals surface area contributed by atoms with Crippen LogP contribution in [0.3, 0.4) is 0 Å². The van der Waals surface area contributed by atoms with Gasteiger partial charge in [0.2, 0.25) is 0 Å². The van der Waals surface area contributed by atoms with E-state index < -0.39 is 0 Å². The topological polar surface area (TPSA) is 29.5 Å². The van der Waals surface area contributed by atoms with Crippen molar-refractivity contribution in [2.24, 2.45) is 0 Å². The maximum absolute atomic E-state index is 8.98. The molecule has 0 fully saturated rings. The molecule has 1 N–H and O–H groups in total. The van der Waals surface area contributed by atoms with Crippen molar-refractivity contribution in [2.75, 3.05) is 13.2 Å². The summed E-state index contributed by atoms with van der Waals surface area (Å²) in [6.45, 7) is 0.372. The normalized spacial score (nSPS) is 12.7. The Morgan fingerprint density at radius 3 is 2.56 bits per heavy atom. The molecule has 1 aliphatic rings. The Balaban J connectivity index is 0.00000104. The molecule has 25 heavy (non-hydrogen) atoms. The Hall–Kier alpha value is -0.987. The van der Waals surface area contributed by atoms with Gasteiger partial charge in [-0.3, -0.25) is 0 Å². The van der Waals surface area contributed by atoms with Gasteiger partial charge >= 0.3 is 26.2 Å². The summed E-state index contributed by atoms with van der Waals surface area (Å²) in [5, 5.41) is 14.1. The number of fused-ring (bicyclic) bond motifs is 3. The average molecular weight is 451 g/mol. The number of rotatable bonds is 4. The molecule has 1 radical (unpaired) electrons. The first-order valence-electron chi connectivity index (χ1n) is 7.59. The molecule has 0 unspecified atom stereocenters. The van der Waals surface area contributed by atoms with Gasteiger partial charge < -0.3 is 34.7 Å². The number of halogens is 2. The first kappa shape index (κ1) is 22.1. The Morgan fingerprint density at radius 1 is 1.00 bits per heavy atom. The number of aliphatic hydroxyl groups is 1. The summed E-state index contributed by atoms with van der Waals surface area (Å²) in [5.41, 5.74) is 2.43. The van der Waals surface area contributed by atoms with Gasteiger partial charge in [-0.15, -0.1) is 33.7 Å². The number of hydrogen-bond donors (Lipinski definition) is 1. The van der Waals surface area contributed by atoms with E-state index in [2.05, 4.69) is 54.6 Å². The van der Waals surface area contributed by atoms with Gasteiger partial charge in [0.25, 0.3) is 0 Å². The van der Waals surface area contributed by atoms with Crippen LogP contribution >= 0.6 is 0 Å². The summed E-state index contributed by atoms with van der Waals surface area (Å²) in [6.07, 6.45) is 5.00. The molecule has 0 heterocycles. The second-order valence-electron chi connectivity index (χ2n) is 5.52. The first-order chi connectivity index (χ1) is 10.9. The van der Waals surface area contributed by atoms with E-state index in [1.54, 1.807) is 0 Å². The molecular weight excluding hydrogens is 434 g/mol. The van der Waals surface area contributed by atoms with Crippen LogP contribution in [0.25, 0.3) is 27.1 Å². The van der Waals surface area contributed by atoms with Crippen molar-refractivity contribution < 1.29 is 60.9 Å². The zero-order chi connectivity index (χ0) is 14.9. The van der Waals surface area contributed by atoms with E-state index in [0.29, 0.717) is 6.61 Å². The van der Waals surface area contributed by atoms with Crippen LogP contribution in [-0.4, -0.2) is 18.3 Å². The van der Waals surface area contributed by atoms with E-state index in [4.69, 9.17) is 9.84 Å². The van der Waals surface area contributed by atoms with Gasteiger partial charge in [0.1, 0.15) is 12.4 Å². The monoisotopic (exact) mass is 449 g/mol. The van der Waals surface area contributed by atoms with Gasteiger partial charge in [0.05, 0.1) is 6.61 Å². The van der Waals surface area contributed by atoms with Gasteiger partial charge in [-0.05, 0) is 18.1 Å². The van der Waals surface area contributed by atoms with Crippen molar-refractivity contribution in [3.05, 3.63) is 72.0 Å². The summed E-state index contributed by atoms with van der Waals surface area (Å²) in [4.78, 5) is 0. The summed E-state index contributed by atoms with van der Waals surface area (Å²) >= 11 is 0. The first-order valence-corrected chi connectivity index (χ1v) is 7.59. The molecule has 2 nitrogen and oxygen atoms in total. The molecule has 0 aromatic heterocycles. The predicted octanol–water partition coefficient (Wildman–Crippen LogP) is -1.60. The molecule has 0 atom stereocenters. The standard InChI is InChI=1S/C20H17O2.2ClH.Zr/c21-11-12-22-20-10-4-9-18(20)17-8-3-7-16-15-6-2-1-5-14(15)13-19(16)17;;;/h1-8,10,13,21H,9,11-12H2;2*1H;/q-1;;;+3/p-2. The van der Waals surface area contributed by atoms with Gasteiger partial charge in [0.15, 0.2) is 0 Å². The number of ether oxygens (including phenoxy) is 1. The second kappa shape index (κ2) is 9.64. The Morgan fingerprint density at radius 2 is 1.76 bits per heavy atom. The van der Waals surface area contributed by atoms with Crippen molar-refractivity contribution in [1.29, 1.82) is 0 Å². The minimum atomic E-state index is 0. The van der Waals surface area contributed by atoms with Crippen LogP contribution < -0.4 is 24.8 Å². The molecule has 0 amide bonds. The largest absolute Gasteiger partial charge is 3.00 e. The fraction of sp³-hybridized carbons (Fsp3) is 0.150. The predicted molar refractivity (Wildman–Crippen MR) is 90.8 cm³/mol. The third kappa shape index (κ3) is 4.06. The number of aliphatic hydroxyl groups excluding tert-OH is 1. The molecule has 0 saturated heterocycles. The van der Waals surface area contributed by atoms with E-state index in [1.807, 2.05) is 6.08 Å². The summed E-state index contributed by atoms with van der Waals surface area (Å²) in [7, 11) is 0. The van der Waals surface area contributed by atoms with E-state index in [0.717, 1.165) is 12.2 Å². The maximum Gasteiger partial charge on any atom is 3.00 e. The maximum atomic E-state index is 8.98. The Bertz CT molecular complexity index is 912. The van der Waals surface area contributed by atoms with Gasteiger partial charge in [-0.25, -0.2) is 0 Å². The van der Waals surface area contributed by atoms with Crippen molar-refractivity contribution in [2.45, 2.75) is 6.42 Å². The zero-order valence-corrected chi connectivity index (χ0v) is 17.5. The van der Waals surface area contributed by atoms with Crippen LogP contribution in [0.4, 0.5) is 0 Å². The van der Waals surface area contributed by atoms with E-state index in [9.17, 15) is 0 Å². The van der Waals surface area contributed by atoms with Crippen molar-refractivity contribution >= 4 is 27.1 Å². The third-order valence-electron chi connectivity index (χ3n) is 4.22. The van der Waals surface area contributed by atoms with Crippen LogP contribution in [0.15, 0.2) is 66.4 Å². The van der Waals surface area contributed by atoms with Crippen LogP contribution in [0.5, 0.6) is 0 Å². The molecule has 3 aromatic rings. The summed E-state index contributed by atoms with van der Waals surface area (Å²) < 4.78 is 5.68. The van der Waals surface area contributed by atoms with Gasteiger partial charge in [-0.2, -0.15) is 0 Å². The molecule has 4 rings (SSSR count). The Kier molecular flexibility index (Phi) is 8.50. The zero-order valence-electron chi connectivity index (χ0n) is 13.5. The molecule has 3 aromatic carbocycles. The number of allylic oxidation sites excluding steroid dienone is 3. The molecule has 0 spiro atoms. The molecule has 0 aliphatic heterocycles. The van der Waals surface area contributed by atoms with Crippen LogP contribution in [0.1, 0.15) is 12.0 Å². The van der Waals surface area contributed by atoms with Crippen LogP contribution in [0.2, 0.25) is 0 Å². The van der Waals surface area contributed by atoms with E-state index in [1.165, 1.54) is 32.7 Å². The van der Waals surface area contributed by atoms with Gasteiger partial charge in [-0.1, -0.05) is 48.0 Å². The summed E-state index contributed by atoms with van der Waals surface area (Å²) in [6, 6.07) is 17.2. The van der Waals surface area contributed by atoms with Crippen molar-refractivity contribution in [3.8, 4) is 0 Å². The average Bonchev–Trinajstić information content (AvgIpc) is 3.16. The van der Waals surface area contributed by atoms with Gasteiger partial charge in [0, 0.05) is 0 Å². The molecule has 127 valence electrons. The summed E-state index contributed by atoms with van der Waals surface area (Å²) in [5.74, 6) is 0.881. The SMILES string of the molecule is OCCOC1=C(c2cccc3c2[cH-]c2ccccc23)CC=C1.[Cl-].[Cl-].[Zr+3]. The van der Waals surface area contributed by atoms with E-state index in [-0.39, 0.29) is 57.6 Å². The minimum absolute atomic E-state index is 0. The van der Waals surface area contributed by atoms with Crippen molar-refractivity contribution in [1.82, 2.24) is 0 Å². The fourth-order valence-corrected chi connectivity index (χ4v) is 3.26. The molecule has 0 bridgehead atoms. The second-order valence-corrected chi connectivity index (χ2v) is 5.52. The van der Waals surface area contributed by atoms with Crippen LogP contribution in [-0.2, 0) is 30.9 Å². The third-order valence-corrected chi connectivity index (χ3v) is 4.22.